The predicted octanol–water partition coefficient (Wildman–Crippen LogP) is 4.79. The van der Waals surface area contributed by atoms with Crippen LogP contribution in [0.5, 0.6) is 0 Å². The number of thioether (sulfide) groups is 1. The van der Waals surface area contributed by atoms with Crippen LogP contribution >= 0.6 is 23.4 Å². The van der Waals surface area contributed by atoms with Crippen molar-refractivity contribution >= 4 is 39.9 Å². The van der Waals surface area contributed by atoms with Crippen molar-refractivity contribution in [1.29, 1.82) is 0 Å². The van der Waals surface area contributed by atoms with Crippen LogP contribution in [0.4, 0.5) is 4.39 Å². The number of aryl methyl sites for hydroxylation is 1. The molecule has 0 aliphatic rings. The summed E-state index contributed by atoms with van der Waals surface area (Å²) in [5, 5.41) is 0.718. The molecule has 0 bridgehead atoms. The maximum Gasteiger partial charge on any atom is 0.266 e. The first-order chi connectivity index (χ1) is 15.9. The summed E-state index contributed by atoms with van der Waals surface area (Å²) >= 11 is 7.24. The van der Waals surface area contributed by atoms with Crippen LogP contribution < -0.4 is 11.1 Å². The van der Waals surface area contributed by atoms with Gasteiger partial charge in [0.15, 0.2) is 5.16 Å². The molecule has 0 saturated carbocycles. The van der Waals surface area contributed by atoms with Crippen molar-refractivity contribution in [3.05, 3.63) is 110 Å². The van der Waals surface area contributed by atoms with Crippen molar-refractivity contribution in [3.63, 3.8) is 0 Å². The maximum atomic E-state index is 13.8. The van der Waals surface area contributed by atoms with E-state index >= 15 is 0 Å². The minimum atomic E-state index is -0.576. The van der Waals surface area contributed by atoms with E-state index in [0.29, 0.717) is 38.8 Å². The Kier molecular flexibility index (Phi) is 5.47. The van der Waals surface area contributed by atoms with E-state index < -0.39 is 5.82 Å². The minimum Gasteiger partial charge on any atom is -0.269 e. The molecule has 3 heterocycles. The Bertz CT molecular complexity index is 1670. The number of halogens is 2. The summed E-state index contributed by atoms with van der Waals surface area (Å²) in [4.78, 5) is 35.2. The summed E-state index contributed by atoms with van der Waals surface area (Å²) in [5.41, 5.74) is 2.36. The van der Waals surface area contributed by atoms with Crippen molar-refractivity contribution in [1.82, 2.24) is 18.9 Å². The van der Waals surface area contributed by atoms with Crippen LogP contribution in [0.25, 0.3) is 22.2 Å². The normalized spacial score (nSPS) is 11.4. The molecule has 0 radical (unpaired) electrons. The topological polar surface area (TPSA) is 69.3 Å². The second-order valence-corrected chi connectivity index (χ2v) is 8.74. The highest BCUT2D eigenvalue weighted by Gasteiger charge is 2.15. The van der Waals surface area contributed by atoms with E-state index in [2.05, 4.69) is 9.97 Å². The molecule has 0 atom stereocenters. The summed E-state index contributed by atoms with van der Waals surface area (Å²) in [7, 11) is 0. The summed E-state index contributed by atoms with van der Waals surface area (Å²) in [6.45, 7) is 1.84. The highest BCUT2D eigenvalue weighted by atomic mass is 35.5. The average Bonchev–Trinajstić information content (AvgIpc) is 2.80. The average molecular weight is 479 g/mol. The number of aromatic nitrogens is 4. The first-order valence-electron chi connectivity index (χ1n) is 10.0. The zero-order valence-electron chi connectivity index (χ0n) is 17.3. The number of fused-ring (bicyclic) bond motifs is 2. The van der Waals surface area contributed by atoms with Crippen LogP contribution in [0.1, 0.15) is 11.4 Å². The summed E-state index contributed by atoms with van der Waals surface area (Å²) in [6.07, 6.45) is 0. The zero-order chi connectivity index (χ0) is 23.1. The van der Waals surface area contributed by atoms with Gasteiger partial charge in [0.05, 0.1) is 27.3 Å². The van der Waals surface area contributed by atoms with Gasteiger partial charge in [-0.2, -0.15) is 0 Å². The predicted molar refractivity (Wildman–Crippen MR) is 128 cm³/mol. The van der Waals surface area contributed by atoms with Crippen LogP contribution in [0.2, 0.25) is 5.02 Å². The van der Waals surface area contributed by atoms with E-state index in [0.717, 1.165) is 5.69 Å². The first kappa shape index (κ1) is 21.4. The molecule has 164 valence electrons. The summed E-state index contributed by atoms with van der Waals surface area (Å²) < 4.78 is 16.7. The standard InChI is InChI=1S/C24H16ClFN4O2S/c1-14-5-4-8-21-27-15(11-22(31)29(14)21)13-33-24-28-20-7-3-2-6-17(20)23(32)30(24)16-9-10-19(26)18(25)12-16/h2-12H,13H2,1H3. The molecule has 0 unspecified atom stereocenters. The molecule has 5 rings (SSSR count). The summed E-state index contributed by atoms with van der Waals surface area (Å²) in [5.74, 6) is -0.271. The van der Waals surface area contributed by atoms with Gasteiger partial charge in [-0.15, -0.1) is 0 Å². The van der Waals surface area contributed by atoms with Gasteiger partial charge in [-0.25, -0.2) is 14.4 Å². The Morgan fingerprint density at radius 1 is 1.00 bits per heavy atom. The molecule has 0 saturated heterocycles. The number of hydrogen-bond donors (Lipinski definition) is 0. The molecule has 0 aliphatic heterocycles. The van der Waals surface area contributed by atoms with Crippen molar-refractivity contribution in [2.75, 3.05) is 0 Å². The lowest BCUT2D eigenvalue weighted by Crippen LogP contribution is -2.22. The molecule has 6 nitrogen and oxygen atoms in total. The number of benzene rings is 2. The molecule has 0 aliphatic carbocycles. The monoisotopic (exact) mass is 478 g/mol. The zero-order valence-corrected chi connectivity index (χ0v) is 18.9. The van der Waals surface area contributed by atoms with Crippen molar-refractivity contribution < 1.29 is 4.39 Å². The molecule has 3 aromatic heterocycles. The second kappa shape index (κ2) is 8.46. The van der Waals surface area contributed by atoms with E-state index in [1.165, 1.54) is 40.6 Å². The van der Waals surface area contributed by atoms with E-state index in [4.69, 9.17) is 11.6 Å². The van der Waals surface area contributed by atoms with Gasteiger partial charge < -0.3 is 0 Å². The van der Waals surface area contributed by atoms with Gasteiger partial charge in [0.2, 0.25) is 0 Å². The molecule has 9 heteroatoms. The number of pyridine rings is 1. The van der Waals surface area contributed by atoms with E-state index in [9.17, 15) is 14.0 Å². The first-order valence-corrected chi connectivity index (χ1v) is 11.4. The highest BCUT2D eigenvalue weighted by molar-refractivity contribution is 7.98. The van der Waals surface area contributed by atoms with E-state index in [-0.39, 0.29) is 16.1 Å². The smallest absolute Gasteiger partial charge is 0.266 e. The molecule has 33 heavy (non-hydrogen) atoms. The quantitative estimate of drug-likeness (QED) is 0.274. The van der Waals surface area contributed by atoms with Gasteiger partial charge in [-0.1, -0.05) is 41.6 Å². The Labute approximate surface area is 196 Å². The fourth-order valence-electron chi connectivity index (χ4n) is 3.64. The van der Waals surface area contributed by atoms with Gasteiger partial charge >= 0.3 is 0 Å². The lowest BCUT2D eigenvalue weighted by Gasteiger charge is -2.14. The van der Waals surface area contributed by atoms with Gasteiger partial charge in [-0.05, 0) is 49.4 Å². The van der Waals surface area contributed by atoms with Gasteiger partial charge in [0, 0.05) is 17.5 Å². The molecule has 0 amide bonds. The fraction of sp³-hybridized carbons (Fsp3) is 0.0833. The molecule has 2 aromatic carbocycles. The van der Waals surface area contributed by atoms with Gasteiger partial charge in [0.25, 0.3) is 11.1 Å². The molecular formula is C24H16ClFN4O2S. The molecule has 0 spiro atoms. The Morgan fingerprint density at radius 2 is 1.82 bits per heavy atom. The van der Waals surface area contributed by atoms with Crippen LogP contribution in [0.15, 0.2) is 81.5 Å². The Hall–Kier alpha value is -3.49. The second-order valence-electron chi connectivity index (χ2n) is 7.39. The Balaban J connectivity index is 1.62. The lowest BCUT2D eigenvalue weighted by atomic mass is 10.2. The third kappa shape index (κ3) is 3.92. The molecular weight excluding hydrogens is 463 g/mol. The third-order valence-corrected chi connectivity index (χ3v) is 6.45. The fourth-order valence-corrected chi connectivity index (χ4v) is 4.72. The number of nitrogens with zero attached hydrogens (tertiary/aromatic N) is 4. The van der Waals surface area contributed by atoms with Crippen LogP contribution in [-0.2, 0) is 5.75 Å². The van der Waals surface area contributed by atoms with Crippen LogP contribution in [0.3, 0.4) is 0 Å². The van der Waals surface area contributed by atoms with Crippen molar-refractivity contribution in [2.24, 2.45) is 0 Å². The maximum absolute atomic E-state index is 13.8. The number of para-hydroxylation sites is 1. The molecule has 0 fully saturated rings. The number of hydrogen-bond acceptors (Lipinski definition) is 5. The van der Waals surface area contributed by atoms with Gasteiger partial charge in [-0.3, -0.25) is 18.6 Å². The SMILES string of the molecule is Cc1cccc2nc(CSc3nc4ccccc4c(=O)n3-c3ccc(F)c(Cl)c3)cc(=O)n12. The third-order valence-electron chi connectivity index (χ3n) is 5.19. The van der Waals surface area contributed by atoms with E-state index in [1.54, 1.807) is 34.7 Å². The lowest BCUT2D eigenvalue weighted by molar-refractivity contribution is 0.627. The van der Waals surface area contributed by atoms with Crippen molar-refractivity contribution in [3.8, 4) is 5.69 Å². The van der Waals surface area contributed by atoms with E-state index in [1.807, 2.05) is 19.1 Å². The molecule has 5 aromatic rings. The summed E-state index contributed by atoms with van der Waals surface area (Å²) in [6, 6.07) is 18.0. The minimum absolute atomic E-state index is 0.0944. The van der Waals surface area contributed by atoms with Crippen molar-refractivity contribution in [2.45, 2.75) is 17.8 Å². The van der Waals surface area contributed by atoms with Crippen LogP contribution in [0, 0.1) is 12.7 Å². The molecule has 0 N–H and O–H groups in total. The highest BCUT2D eigenvalue weighted by Crippen LogP contribution is 2.26. The largest absolute Gasteiger partial charge is 0.269 e. The Morgan fingerprint density at radius 3 is 2.64 bits per heavy atom. The number of rotatable bonds is 4. The van der Waals surface area contributed by atoms with Gasteiger partial charge in [0.1, 0.15) is 11.5 Å². The van der Waals surface area contributed by atoms with Crippen LogP contribution in [-0.4, -0.2) is 18.9 Å².